The first-order valence-electron chi connectivity index (χ1n) is 5.72. The molecule has 1 amide bonds. The van der Waals surface area contributed by atoms with Crippen molar-refractivity contribution in [2.45, 2.75) is 13.0 Å². The van der Waals surface area contributed by atoms with Crippen LogP contribution in [0, 0.1) is 0 Å². The van der Waals surface area contributed by atoms with Gasteiger partial charge in [0, 0.05) is 12.4 Å². The van der Waals surface area contributed by atoms with Crippen LogP contribution < -0.4 is 5.32 Å². The Morgan fingerprint density at radius 2 is 2.37 bits per heavy atom. The molecule has 19 heavy (non-hydrogen) atoms. The summed E-state index contributed by atoms with van der Waals surface area (Å²) in [4.78, 5) is 16.3. The smallest absolute Gasteiger partial charge is 0.272 e. The van der Waals surface area contributed by atoms with Crippen molar-refractivity contribution in [1.82, 2.24) is 35.3 Å². The van der Waals surface area contributed by atoms with Crippen LogP contribution >= 0.6 is 0 Å². The number of H-pyrrole nitrogens is 1. The quantitative estimate of drug-likeness (QED) is 0.704. The van der Waals surface area contributed by atoms with Gasteiger partial charge in [0.05, 0.1) is 6.04 Å². The van der Waals surface area contributed by atoms with E-state index >= 15 is 0 Å². The zero-order valence-corrected chi connectivity index (χ0v) is 10.1. The number of hydrogen-bond donors (Lipinski definition) is 2. The minimum atomic E-state index is -0.337. The van der Waals surface area contributed by atoms with Crippen molar-refractivity contribution in [1.29, 1.82) is 0 Å². The lowest BCUT2D eigenvalue weighted by Gasteiger charge is -2.07. The SMILES string of the molecule is CC(NC(=O)c1cn2ccccc2n1)c1nn[nH]n1. The van der Waals surface area contributed by atoms with Crippen LogP contribution in [0.15, 0.2) is 30.6 Å². The van der Waals surface area contributed by atoms with Gasteiger partial charge in [-0.15, -0.1) is 10.2 Å². The molecule has 0 aliphatic heterocycles. The first-order chi connectivity index (χ1) is 9.24. The highest BCUT2D eigenvalue weighted by molar-refractivity contribution is 5.93. The molecule has 0 radical (unpaired) electrons. The maximum atomic E-state index is 12.0. The summed E-state index contributed by atoms with van der Waals surface area (Å²) in [5, 5.41) is 16.2. The summed E-state index contributed by atoms with van der Waals surface area (Å²) in [6.07, 6.45) is 3.51. The average Bonchev–Trinajstić information content (AvgIpc) is 3.07. The van der Waals surface area contributed by atoms with Crippen molar-refractivity contribution in [3.63, 3.8) is 0 Å². The number of carbonyl (C=O) groups is 1. The summed E-state index contributed by atoms with van der Waals surface area (Å²) in [6, 6.07) is 5.24. The van der Waals surface area contributed by atoms with E-state index in [2.05, 4.69) is 30.9 Å². The second-order valence-electron chi connectivity index (χ2n) is 4.06. The maximum absolute atomic E-state index is 12.0. The topological polar surface area (TPSA) is 101 Å². The third-order valence-electron chi connectivity index (χ3n) is 2.69. The third kappa shape index (κ3) is 2.15. The molecule has 0 saturated carbocycles. The van der Waals surface area contributed by atoms with Gasteiger partial charge in [0.2, 0.25) is 0 Å². The number of pyridine rings is 1. The van der Waals surface area contributed by atoms with Gasteiger partial charge in [-0.1, -0.05) is 11.3 Å². The Hall–Kier alpha value is -2.77. The fourth-order valence-corrected chi connectivity index (χ4v) is 1.73. The predicted octanol–water partition coefficient (Wildman–Crippen LogP) is 0.338. The molecule has 3 aromatic rings. The van der Waals surface area contributed by atoms with Crippen molar-refractivity contribution in [3.8, 4) is 0 Å². The van der Waals surface area contributed by atoms with E-state index in [-0.39, 0.29) is 11.9 Å². The Labute approximate surface area is 107 Å². The number of hydrogen-bond acceptors (Lipinski definition) is 5. The third-order valence-corrected chi connectivity index (χ3v) is 2.69. The Balaban J connectivity index is 1.80. The van der Waals surface area contributed by atoms with Gasteiger partial charge in [0.25, 0.3) is 5.91 Å². The number of nitrogens with zero attached hydrogens (tertiary/aromatic N) is 5. The molecule has 3 heterocycles. The number of amides is 1. The normalized spacial score (nSPS) is 12.5. The summed E-state index contributed by atoms with van der Waals surface area (Å²) >= 11 is 0. The van der Waals surface area contributed by atoms with Gasteiger partial charge in [0.1, 0.15) is 11.3 Å². The van der Waals surface area contributed by atoms with E-state index in [9.17, 15) is 4.79 Å². The molecule has 8 heteroatoms. The fraction of sp³-hybridized carbons (Fsp3) is 0.182. The number of aromatic amines is 1. The summed E-state index contributed by atoms with van der Waals surface area (Å²) in [5.41, 5.74) is 1.07. The lowest BCUT2D eigenvalue weighted by molar-refractivity contribution is 0.0934. The van der Waals surface area contributed by atoms with Gasteiger partial charge in [-0.25, -0.2) is 4.98 Å². The maximum Gasteiger partial charge on any atom is 0.272 e. The number of tetrazole rings is 1. The molecule has 3 aromatic heterocycles. The summed E-state index contributed by atoms with van der Waals surface area (Å²) < 4.78 is 1.79. The van der Waals surface area contributed by atoms with E-state index < -0.39 is 0 Å². The van der Waals surface area contributed by atoms with Gasteiger partial charge in [-0.05, 0) is 19.1 Å². The van der Waals surface area contributed by atoms with Crippen molar-refractivity contribution >= 4 is 11.6 Å². The first-order valence-corrected chi connectivity index (χ1v) is 5.72. The Bertz CT molecular complexity index is 670. The van der Waals surface area contributed by atoms with Gasteiger partial charge < -0.3 is 9.72 Å². The molecule has 1 atom stereocenters. The van der Waals surface area contributed by atoms with Crippen molar-refractivity contribution in [3.05, 3.63) is 42.1 Å². The second kappa shape index (κ2) is 4.48. The molecule has 1 unspecified atom stereocenters. The highest BCUT2D eigenvalue weighted by atomic mass is 16.2. The van der Waals surface area contributed by atoms with E-state index in [1.54, 1.807) is 17.5 Å². The first kappa shape index (κ1) is 11.3. The van der Waals surface area contributed by atoms with E-state index in [1.807, 2.05) is 24.4 Å². The molecule has 0 aliphatic rings. The van der Waals surface area contributed by atoms with Crippen LogP contribution in [0.3, 0.4) is 0 Å². The highest BCUT2D eigenvalue weighted by Gasteiger charge is 2.16. The molecule has 96 valence electrons. The zero-order valence-electron chi connectivity index (χ0n) is 10.1. The van der Waals surface area contributed by atoms with Crippen LogP contribution in [-0.4, -0.2) is 35.9 Å². The van der Waals surface area contributed by atoms with Crippen LogP contribution in [0.4, 0.5) is 0 Å². The summed E-state index contributed by atoms with van der Waals surface area (Å²) in [6.45, 7) is 1.78. The number of imidazole rings is 1. The van der Waals surface area contributed by atoms with Gasteiger partial charge in [0.15, 0.2) is 5.82 Å². The molecule has 0 saturated heterocycles. The molecule has 0 bridgehead atoms. The van der Waals surface area contributed by atoms with Crippen LogP contribution in [0.1, 0.15) is 29.3 Å². The Kier molecular flexibility index (Phi) is 2.67. The highest BCUT2D eigenvalue weighted by Crippen LogP contribution is 2.08. The fourth-order valence-electron chi connectivity index (χ4n) is 1.73. The predicted molar refractivity (Wildman–Crippen MR) is 65.3 cm³/mol. The lowest BCUT2D eigenvalue weighted by Crippen LogP contribution is -2.27. The number of nitrogens with one attached hydrogen (secondary N) is 2. The average molecular weight is 257 g/mol. The zero-order chi connectivity index (χ0) is 13.2. The minimum absolute atomic E-state index is 0.277. The molecular formula is C11H11N7O. The van der Waals surface area contributed by atoms with Crippen molar-refractivity contribution in [2.24, 2.45) is 0 Å². The van der Waals surface area contributed by atoms with E-state index in [4.69, 9.17) is 0 Å². The van der Waals surface area contributed by atoms with Gasteiger partial charge in [-0.2, -0.15) is 5.21 Å². The van der Waals surface area contributed by atoms with E-state index in [0.29, 0.717) is 11.5 Å². The van der Waals surface area contributed by atoms with E-state index in [1.165, 1.54) is 0 Å². The number of rotatable bonds is 3. The Morgan fingerprint density at radius 3 is 3.11 bits per heavy atom. The standard InChI is InChI=1S/C11H11N7O/c1-7(10-14-16-17-15-10)12-11(19)8-6-18-5-3-2-4-9(18)13-8/h2-7H,1H3,(H,12,19)(H,14,15,16,17). The van der Waals surface area contributed by atoms with E-state index in [0.717, 1.165) is 5.65 Å². The number of fused-ring (bicyclic) bond motifs is 1. The molecule has 0 fully saturated rings. The molecule has 3 rings (SSSR count). The minimum Gasteiger partial charge on any atom is -0.341 e. The molecule has 0 aliphatic carbocycles. The van der Waals surface area contributed by atoms with Gasteiger partial charge in [-0.3, -0.25) is 4.79 Å². The number of carbonyl (C=O) groups excluding carboxylic acids is 1. The molecule has 8 nitrogen and oxygen atoms in total. The summed E-state index contributed by atoms with van der Waals surface area (Å²) in [7, 11) is 0. The van der Waals surface area contributed by atoms with Gasteiger partial charge >= 0.3 is 0 Å². The molecule has 0 spiro atoms. The molecule has 2 N–H and O–H groups in total. The lowest BCUT2D eigenvalue weighted by atomic mass is 10.3. The second-order valence-corrected chi connectivity index (χ2v) is 4.06. The molecular weight excluding hydrogens is 246 g/mol. The largest absolute Gasteiger partial charge is 0.341 e. The van der Waals surface area contributed by atoms with Crippen LogP contribution in [0.2, 0.25) is 0 Å². The van der Waals surface area contributed by atoms with Crippen LogP contribution in [0.25, 0.3) is 5.65 Å². The number of aromatic nitrogens is 6. The Morgan fingerprint density at radius 1 is 1.47 bits per heavy atom. The molecule has 0 aromatic carbocycles. The summed E-state index contributed by atoms with van der Waals surface area (Å²) in [5.74, 6) is 0.151. The van der Waals surface area contributed by atoms with Crippen LogP contribution in [0.5, 0.6) is 0 Å². The van der Waals surface area contributed by atoms with Crippen molar-refractivity contribution < 1.29 is 4.79 Å². The van der Waals surface area contributed by atoms with Crippen LogP contribution in [-0.2, 0) is 0 Å². The van der Waals surface area contributed by atoms with Crippen molar-refractivity contribution in [2.75, 3.05) is 0 Å². The monoisotopic (exact) mass is 257 g/mol.